The molecule has 6 unspecified atom stereocenters. The molecule has 2 heterocycles. The van der Waals surface area contributed by atoms with Gasteiger partial charge in [-0.2, -0.15) is 0 Å². The van der Waals surface area contributed by atoms with Gasteiger partial charge in [0.05, 0.1) is 5.92 Å². The molecule has 0 aromatic carbocycles. The summed E-state index contributed by atoms with van der Waals surface area (Å²) < 4.78 is 31.8. The van der Waals surface area contributed by atoms with Gasteiger partial charge in [-0.15, -0.1) is 0 Å². The predicted molar refractivity (Wildman–Crippen MR) is 112 cm³/mol. The third-order valence-electron chi connectivity index (χ3n) is 8.17. The highest BCUT2D eigenvalue weighted by Gasteiger charge is 2.55. The van der Waals surface area contributed by atoms with Gasteiger partial charge in [0.2, 0.25) is 5.79 Å². The van der Waals surface area contributed by atoms with E-state index in [0.717, 1.165) is 18.9 Å². The minimum atomic E-state index is -2.46. The molecule has 170 valence electrons. The number of allylic oxidation sites excluding steroid dienone is 2. The SMILES string of the molecule is NC1C=CC(C2CC2)C2CN(C3(F)C=C4C(C=C3F)C(=O)C(C(=O)O)=CN4C3CC3)CC12. The molecule has 6 rings (SSSR count). The van der Waals surface area contributed by atoms with Crippen LogP contribution in [0.1, 0.15) is 25.7 Å². The number of Topliss-reactive ketones (excluding diaryl/α,β-unsaturated/α-hetero) is 1. The Balaban J connectivity index is 1.36. The summed E-state index contributed by atoms with van der Waals surface area (Å²) in [5, 5.41) is 9.43. The second-order valence-corrected chi connectivity index (χ2v) is 10.2. The second kappa shape index (κ2) is 6.84. The molecular weight excluding hydrogens is 416 g/mol. The zero-order valence-electron chi connectivity index (χ0n) is 17.7. The van der Waals surface area contributed by atoms with Crippen LogP contribution in [0.4, 0.5) is 8.78 Å². The average molecular weight is 443 g/mol. The maximum atomic E-state index is 16.5. The molecule has 3 fully saturated rings. The lowest BCUT2D eigenvalue weighted by atomic mass is 9.74. The van der Waals surface area contributed by atoms with Crippen molar-refractivity contribution in [1.82, 2.24) is 9.80 Å². The van der Waals surface area contributed by atoms with E-state index in [9.17, 15) is 14.7 Å². The highest BCUT2D eigenvalue weighted by molar-refractivity contribution is 6.19. The molecule has 4 aliphatic carbocycles. The van der Waals surface area contributed by atoms with Crippen molar-refractivity contribution in [2.75, 3.05) is 13.1 Å². The van der Waals surface area contributed by atoms with Crippen LogP contribution in [0.2, 0.25) is 0 Å². The Morgan fingerprint density at radius 2 is 1.88 bits per heavy atom. The number of carboxylic acid groups (broad SMARTS) is 1. The monoisotopic (exact) mass is 443 g/mol. The number of nitrogens with zero attached hydrogens (tertiary/aromatic N) is 2. The summed E-state index contributed by atoms with van der Waals surface area (Å²) in [5.74, 6) is -5.44. The molecule has 2 saturated carbocycles. The smallest absolute Gasteiger partial charge is 0.340 e. The van der Waals surface area contributed by atoms with Gasteiger partial charge in [-0.25, -0.2) is 13.6 Å². The van der Waals surface area contributed by atoms with Crippen molar-refractivity contribution in [2.45, 2.75) is 43.6 Å². The van der Waals surface area contributed by atoms with E-state index in [2.05, 4.69) is 6.08 Å². The van der Waals surface area contributed by atoms with E-state index in [4.69, 9.17) is 5.73 Å². The van der Waals surface area contributed by atoms with Crippen LogP contribution in [-0.2, 0) is 9.59 Å². The standard InChI is InChI=1S/C24H27F2N3O3/c25-21-7-15-20(29(13-3-4-13)11-18(22(15)30)23(31)32)8-24(21,26)28-9-16-14(12-1-2-12)5-6-19(27)17(16)10-28/h5-8,11-17,19H,1-4,9-10,27H2,(H,31,32). The zero-order valence-corrected chi connectivity index (χ0v) is 17.7. The number of fused-ring (bicyclic) bond motifs is 2. The fourth-order valence-electron chi connectivity index (χ4n) is 6.13. The first-order valence-corrected chi connectivity index (χ1v) is 11.5. The lowest BCUT2D eigenvalue weighted by molar-refractivity contribution is -0.135. The van der Waals surface area contributed by atoms with Gasteiger partial charge in [0, 0.05) is 37.1 Å². The number of likely N-dealkylation sites (tertiary alicyclic amines) is 1. The van der Waals surface area contributed by atoms with Crippen molar-refractivity contribution < 1.29 is 23.5 Å². The Bertz CT molecular complexity index is 1010. The lowest BCUT2D eigenvalue weighted by Gasteiger charge is -2.40. The number of carboxylic acids is 1. The number of rotatable bonds is 4. The quantitative estimate of drug-likeness (QED) is 0.395. The minimum absolute atomic E-state index is 0.0167. The number of carbonyl (C=O) groups excluding carboxylic acids is 1. The number of hydrogen-bond donors (Lipinski definition) is 2. The van der Waals surface area contributed by atoms with E-state index < -0.39 is 29.3 Å². The Morgan fingerprint density at radius 3 is 2.53 bits per heavy atom. The molecule has 8 heteroatoms. The normalized spacial score (nSPS) is 41.6. The van der Waals surface area contributed by atoms with Crippen LogP contribution in [0.15, 0.2) is 47.6 Å². The van der Waals surface area contributed by atoms with E-state index in [-0.39, 0.29) is 29.5 Å². The molecule has 1 saturated heterocycles. The van der Waals surface area contributed by atoms with Gasteiger partial charge in [-0.3, -0.25) is 9.69 Å². The molecule has 0 aromatic rings. The first-order chi connectivity index (χ1) is 15.3. The van der Waals surface area contributed by atoms with E-state index in [1.54, 1.807) is 4.90 Å². The predicted octanol–water partition coefficient (Wildman–Crippen LogP) is 2.51. The van der Waals surface area contributed by atoms with Crippen molar-refractivity contribution in [3.63, 3.8) is 0 Å². The number of aliphatic carboxylic acids is 1. The summed E-state index contributed by atoms with van der Waals surface area (Å²) in [4.78, 5) is 27.5. The third-order valence-corrected chi connectivity index (χ3v) is 8.17. The molecule has 0 spiro atoms. The Labute approximate surface area is 185 Å². The highest BCUT2D eigenvalue weighted by atomic mass is 19.2. The van der Waals surface area contributed by atoms with E-state index >= 15 is 8.78 Å². The van der Waals surface area contributed by atoms with Gasteiger partial charge in [-0.1, -0.05) is 12.2 Å². The average Bonchev–Trinajstić information content (AvgIpc) is 3.68. The van der Waals surface area contributed by atoms with Crippen molar-refractivity contribution in [2.24, 2.45) is 35.3 Å². The van der Waals surface area contributed by atoms with Gasteiger partial charge >= 0.3 is 5.97 Å². The van der Waals surface area contributed by atoms with Crippen molar-refractivity contribution in [3.05, 3.63) is 47.6 Å². The maximum absolute atomic E-state index is 16.5. The molecule has 6 aliphatic rings. The number of hydrogen-bond acceptors (Lipinski definition) is 5. The number of nitrogens with two attached hydrogens (primary N) is 1. The molecule has 6 nitrogen and oxygen atoms in total. The summed E-state index contributed by atoms with van der Waals surface area (Å²) in [6.45, 7) is 0.753. The molecular formula is C24H27F2N3O3. The molecule has 3 N–H and O–H groups in total. The summed E-state index contributed by atoms with van der Waals surface area (Å²) in [7, 11) is 0. The highest BCUT2D eigenvalue weighted by Crippen LogP contribution is 2.52. The van der Waals surface area contributed by atoms with Crippen LogP contribution in [-0.4, -0.2) is 57.6 Å². The van der Waals surface area contributed by atoms with Gasteiger partial charge in [0.15, 0.2) is 11.6 Å². The van der Waals surface area contributed by atoms with Crippen molar-refractivity contribution in [1.29, 1.82) is 0 Å². The Morgan fingerprint density at radius 1 is 1.16 bits per heavy atom. The molecule has 0 radical (unpaired) electrons. The van der Waals surface area contributed by atoms with Gasteiger partial charge < -0.3 is 15.7 Å². The zero-order chi connectivity index (χ0) is 22.4. The van der Waals surface area contributed by atoms with Crippen LogP contribution in [0.5, 0.6) is 0 Å². The molecule has 6 atom stereocenters. The van der Waals surface area contributed by atoms with Crippen LogP contribution >= 0.6 is 0 Å². The first-order valence-electron chi connectivity index (χ1n) is 11.5. The van der Waals surface area contributed by atoms with Crippen LogP contribution in [0.25, 0.3) is 0 Å². The van der Waals surface area contributed by atoms with E-state index in [1.165, 1.54) is 30.0 Å². The summed E-state index contributed by atoms with van der Waals surface area (Å²) in [6.07, 6.45) is 11.7. The number of halogens is 2. The molecule has 0 aromatic heterocycles. The Hall–Kier alpha value is -2.32. The molecule has 32 heavy (non-hydrogen) atoms. The summed E-state index contributed by atoms with van der Waals surface area (Å²) >= 11 is 0. The van der Waals surface area contributed by atoms with Crippen LogP contribution < -0.4 is 5.73 Å². The second-order valence-electron chi connectivity index (χ2n) is 10.2. The summed E-state index contributed by atoms with van der Waals surface area (Å²) in [6, 6.07) is -0.164. The van der Waals surface area contributed by atoms with Crippen molar-refractivity contribution in [3.8, 4) is 0 Å². The molecule has 0 bridgehead atoms. The number of alkyl halides is 1. The van der Waals surface area contributed by atoms with Gasteiger partial charge in [-0.05, 0) is 61.5 Å². The topological polar surface area (TPSA) is 86.9 Å². The largest absolute Gasteiger partial charge is 0.478 e. The number of carbonyl (C=O) groups is 2. The Kier molecular flexibility index (Phi) is 4.34. The third kappa shape index (κ3) is 2.95. The van der Waals surface area contributed by atoms with Crippen molar-refractivity contribution >= 4 is 11.8 Å². The minimum Gasteiger partial charge on any atom is -0.478 e. The first kappa shape index (κ1) is 20.3. The number of ketones is 1. The fourth-order valence-corrected chi connectivity index (χ4v) is 6.13. The van der Waals surface area contributed by atoms with Crippen LogP contribution in [0, 0.1) is 29.6 Å². The van der Waals surface area contributed by atoms with Gasteiger partial charge in [0.25, 0.3) is 0 Å². The lowest BCUT2D eigenvalue weighted by Crippen LogP contribution is -2.49. The van der Waals surface area contributed by atoms with E-state index in [0.29, 0.717) is 30.6 Å². The molecule has 0 amide bonds. The van der Waals surface area contributed by atoms with Crippen LogP contribution in [0.3, 0.4) is 0 Å². The van der Waals surface area contributed by atoms with E-state index in [1.807, 2.05) is 6.08 Å². The molecule has 2 aliphatic heterocycles. The summed E-state index contributed by atoms with van der Waals surface area (Å²) in [5.41, 5.74) is 6.30. The maximum Gasteiger partial charge on any atom is 0.340 e. The van der Waals surface area contributed by atoms with Gasteiger partial charge in [0.1, 0.15) is 5.57 Å². The fraction of sp³-hybridized carbons (Fsp3) is 0.583.